The highest BCUT2D eigenvalue weighted by molar-refractivity contribution is 5.26. The first-order valence-electron chi connectivity index (χ1n) is 5.61. The Morgan fingerprint density at radius 1 is 1.20 bits per heavy atom. The molecule has 2 nitrogen and oxygen atoms in total. The molecule has 1 N–H and O–H groups in total. The summed E-state index contributed by atoms with van der Waals surface area (Å²) in [6.45, 7) is 8.18. The summed E-state index contributed by atoms with van der Waals surface area (Å²) in [5.74, 6) is 0.963. The maximum absolute atomic E-state index is 5.60. The monoisotopic (exact) mass is 207 g/mol. The zero-order chi connectivity index (χ0) is 11.1. The van der Waals surface area contributed by atoms with Gasteiger partial charge in [-0.3, -0.25) is 0 Å². The van der Waals surface area contributed by atoms with E-state index in [0.29, 0.717) is 6.04 Å². The van der Waals surface area contributed by atoms with Crippen molar-refractivity contribution in [3.63, 3.8) is 0 Å². The third-order valence-corrected chi connectivity index (χ3v) is 2.16. The molecule has 0 fully saturated rings. The van der Waals surface area contributed by atoms with Crippen molar-refractivity contribution in [1.82, 2.24) is 5.32 Å². The first-order chi connectivity index (χ1) is 7.18. The van der Waals surface area contributed by atoms with Gasteiger partial charge in [-0.2, -0.15) is 0 Å². The van der Waals surface area contributed by atoms with Crippen molar-refractivity contribution in [1.29, 1.82) is 0 Å². The SMILES string of the molecule is Cc1ccc(OCCCNC(C)C)cc1. The van der Waals surface area contributed by atoms with E-state index in [-0.39, 0.29) is 0 Å². The first kappa shape index (κ1) is 12.1. The summed E-state index contributed by atoms with van der Waals surface area (Å²) in [4.78, 5) is 0. The molecule has 0 aromatic heterocycles. The minimum atomic E-state index is 0.560. The van der Waals surface area contributed by atoms with Crippen LogP contribution in [0.15, 0.2) is 24.3 Å². The largest absolute Gasteiger partial charge is 0.494 e. The van der Waals surface area contributed by atoms with Crippen LogP contribution in [0.5, 0.6) is 5.75 Å². The van der Waals surface area contributed by atoms with Gasteiger partial charge in [0.25, 0.3) is 0 Å². The third kappa shape index (κ3) is 5.43. The molecule has 0 unspecified atom stereocenters. The van der Waals surface area contributed by atoms with E-state index >= 15 is 0 Å². The highest BCUT2D eigenvalue weighted by atomic mass is 16.5. The lowest BCUT2D eigenvalue weighted by molar-refractivity contribution is 0.306. The summed E-state index contributed by atoms with van der Waals surface area (Å²) < 4.78 is 5.60. The van der Waals surface area contributed by atoms with Crippen LogP contribution in [-0.2, 0) is 0 Å². The summed E-state index contributed by atoms with van der Waals surface area (Å²) in [6, 6.07) is 8.74. The number of benzene rings is 1. The van der Waals surface area contributed by atoms with E-state index in [1.165, 1.54) is 5.56 Å². The lowest BCUT2D eigenvalue weighted by Crippen LogP contribution is -2.24. The summed E-state index contributed by atoms with van der Waals surface area (Å²) in [5, 5.41) is 3.36. The molecule has 0 aliphatic heterocycles. The number of rotatable bonds is 6. The summed E-state index contributed by atoms with van der Waals surface area (Å²) in [6.07, 6.45) is 1.05. The van der Waals surface area contributed by atoms with Gasteiger partial charge < -0.3 is 10.1 Å². The van der Waals surface area contributed by atoms with Crippen molar-refractivity contribution >= 4 is 0 Å². The zero-order valence-corrected chi connectivity index (χ0v) is 9.92. The molecule has 0 amide bonds. The van der Waals surface area contributed by atoms with Crippen LogP contribution in [0, 0.1) is 6.92 Å². The van der Waals surface area contributed by atoms with Crippen LogP contribution in [-0.4, -0.2) is 19.2 Å². The van der Waals surface area contributed by atoms with Crippen molar-refractivity contribution in [2.45, 2.75) is 33.2 Å². The van der Waals surface area contributed by atoms with E-state index in [4.69, 9.17) is 4.74 Å². The Bertz CT molecular complexity index is 266. The Hall–Kier alpha value is -1.02. The fraction of sp³-hybridized carbons (Fsp3) is 0.538. The Labute approximate surface area is 92.6 Å². The lowest BCUT2D eigenvalue weighted by Gasteiger charge is -2.09. The van der Waals surface area contributed by atoms with Gasteiger partial charge in [-0.05, 0) is 32.0 Å². The maximum atomic E-state index is 5.60. The van der Waals surface area contributed by atoms with Crippen LogP contribution in [0.4, 0.5) is 0 Å². The molecule has 1 aromatic rings. The van der Waals surface area contributed by atoms with Crippen LogP contribution in [0.1, 0.15) is 25.8 Å². The van der Waals surface area contributed by atoms with Crippen LogP contribution >= 0.6 is 0 Å². The van der Waals surface area contributed by atoms with E-state index < -0.39 is 0 Å². The van der Waals surface area contributed by atoms with Gasteiger partial charge in [-0.15, -0.1) is 0 Å². The van der Waals surface area contributed by atoms with Crippen molar-refractivity contribution < 1.29 is 4.74 Å². The van der Waals surface area contributed by atoms with Crippen molar-refractivity contribution in [3.05, 3.63) is 29.8 Å². The number of aryl methyl sites for hydroxylation is 1. The molecule has 0 aliphatic rings. The average molecular weight is 207 g/mol. The van der Waals surface area contributed by atoms with Crippen molar-refractivity contribution in [3.8, 4) is 5.75 Å². The van der Waals surface area contributed by atoms with Crippen molar-refractivity contribution in [2.75, 3.05) is 13.2 Å². The van der Waals surface area contributed by atoms with Gasteiger partial charge in [0.05, 0.1) is 6.61 Å². The lowest BCUT2D eigenvalue weighted by atomic mass is 10.2. The molecular formula is C13H21NO. The molecule has 0 radical (unpaired) electrons. The smallest absolute Gasteiger partial charge is 0.119 e. The second kappa shape index (κ2) is 6.46. The molecule has 0 saturated heterocycles. The Morgan fingerprint density at radius 2 is 1.87 bits per heavy atom. The van der Waals surface area contributed by atoms with Crippen LogP contribution in [0.25, 0.3) is 0 Å². The molecule has 0 bridgehead atoms. The third-order valence-electron chi connectivity index (χ3n) is 2.16. The molecule has 2 heteroatoms. The number of ether oxygens (including phenoxy) is 1. The van der Waals surface area contributed by atoms with Gasteiger partial charge in [0, 0.05) is 6.04 Å². The molecule has 1 aromatic carbocycles. The van der Waals surface area contributed by atoms with Gasteiger partial charge in [0.1, 0.15) is 5.75 Å². The highest BCUT2D eigenvalue weighted by Gasteiger charge is 1.94. The fourth-order valence-corrected chi connectivity index (χ4v) is 1.29. The molecular weight excluding hydrogens is 186 g/mol. The molecule has 0 heterocycles. The molecule has 0 atom stereocenters. The Morgan fingerprint density at radius 3 is 2.47 bits per heavy atom. The van der Waals surface area contributed by atoms with E-state index in [2.05, 4.69) is 38.2 Å². The first-order valence-corrected chi connectivity index (χ1v) is 5.61. The second-order valence-corrected chi connectivity index (χ2v) is 4.12. The second-order valence-electron chi connectivity index (χ2n) is 4.12. The van der Waals surface area contributed by atoms with Gasteiger partial charge in [0.15, 0.2) is 0 Å². The average Bonchev–Trinajstić information content (AvgIpc) is 2.20. The predicted octanol–water partition coefficient (Wildman–Crippen LogP) is 2.76. The van der Waals surface area contributed by atoms with Gasteiger partial charge in [0.2, 0.25) is 0 Å². The number of hydrogen-bond donors (Lipinski definition) is 1. The normalized spacial score (nSPS) is 10.7. The summed E-state index contributed by atoms with van der Waals surface area (Å²) >= 11 is 0. The Balaban J connectivity index is 2.12. The minimum Gasteiger partial charge on any atom is -0.494 e. The molecule has 1 rings (SSSR count). The number of hydrogen-bond acceptors (Lipinski definition) is 2. The molecule has 0 spiro atoms. The topological polar surface area (TPSA) is 21.3 Å². The minimum absolute atomic E-state index is 0.560. The summed E-state index contributed by atoms with van der Waals surface area (Å²) in [7, 11) is 0. The highest BCUT2D eigenvalue weighted by Crippen LogP contribution is 2.11. The molecule has 0 saturated carbocycles. The van der Waals surface area contributed by atoms with E-state index in [1.807, 2.05) is 12.1 Å². The standard InChI is InChI=1S/C13H21NO/c1-11(2)14-9-4-10-15-13-7-5-12(3)6-8-13/h5-8,11,14H,4,9-10H2,1-3H3. The molecule has 15 heavy (non-hydrogen) atoms. The Kier molecular flexibility index (Phi) is 5.19. The van der Waals surface area contributed by atoms with Gasteiger partial charge in [-0.1, -0.05) is 31.5 Å². The fourth-order valence-electron chi connectivity index (χ4n) is 1.29. The molecule has 0 aliphatic carbocycles. The van der Waals surface area contributed by atoms with Crippen LogP contribution in [0.2, 0.25) is 0 Å². The van der Waals surface area contributed by atoms with Crippen LogP contribution < -0.4 is 10.1 Å². The van der Waals surface area contributed by atoms with Gasteiger partial charge in [-0.25, -0.2) is 0 Å². The van der Waals surface area contributed by atoms with Crippen molar-refractivity contribution in [2.24, 2.45) is 0 Å². The molecule has 84 valence electrons. The van der Waals surface area contributed by atoms with Gasteiger partial charge >= 0.3 is 0 Å². The van der Waals surface area contributed by atoms with E-state index in [0.717, 1.165) is 25.3 Å². The van der Waals surface area contributed by atoms with E-state index in [9.17, 15) is 0 Å². The predicted molar refractivity (Wildman–Crippen MR) is 64.4 cm³/mol. The van der Waals surface area contributed by atoms with Crippen LogP contribution in [0.3, 0.4) is 0 Å². The maximum Gasteiger partial charge on any atom is 0.119 e. The number of nitrogens with one attached hydrogen (secondary N) is 1. The quantitative estimate of drug-likeness (QED) is 0.724. The zero-order valence-electron chi connectivity index (χ0n) is 9.92. The summed E-state index contributed by atoms with van der Waals surface area (Å²) in [5.41, 5.74) is 1.27. The van der Waals surface area contributed by atoms with E-state index in [1.54, 1.807) is 0 Å².